The fourth-order valence-corrected chi connectivity index (χ4v) is 4.50. The molecule has 1 aliphatic heterocycles. The van der Waals surface area contributed by atoms with Gasteiger partial charge in [0, 0.05) is 25.7 Å². The summed E-state index contributed by atoms with van der Waals surface area (Å²) in [6.07, 6.45) is 10.1. The second-order valence-corrected chi connectivity index (χ2v) is 7.72. The summed E-state index contributed by atoms with van der Waals surface area (Å²) in [5.74, 6) is 0.703. The monoisotopic (exact) mass is 380 g/mol. The highest BCUT2D eigenvalue weighted by Crippen LogP contribution is 2.33. The van der Waals surface area contributed by atoms with Gasteiger partial charge in [0.05, 0.1) is 5.69 Å². The van der Waals surface area contributed by atoms with Crippen molar-refractivity contribution in [2.24, 2.45) is 5.92 Å². The average Bonchev–Trinajstić information content (AvgIpc) is 2.69. The molecule has 1 atom stereocenters. The van der Waals surface area contributed by atoms with Gasteiger partial charge in [-0.2, -0.15) is 8.78 Å². The number of piperidine rings is 1. The highest BCUT2D eigenvalue weighted by Gasteiger charge is 2.25. The Morgan fingerprint density at radius 2 is 1.93 bits per heavy atom. The Kier molecular flexibility index (Phi) is 7.30. The minimum atomic E-state index is -2.82. The molecule has 0 spiro atoms. The standard InChI is InChI=1S/C21H30F2N2O2/c22-21(23)27-20-11-5-4-10-19(20)24-13-6-7-17(15-24)12-14-25(16-26)18-8-2-1-3-9-18/h4-5,10-11,16-18,21H,1-3,6-9,12-15H2. The number of rotatable bonds is 8. The van der Waals surface area contributed by atoms with Crippen LogP contribution in [0.5, 0.6) is 5.75 Å². The first-order valence-electron chi connectivity index (χ1n) is 10.2. The zero-order valence-corrected chi connectivity index (χ0v) is 15.9. The number of carbonyl (C=O) groups is 1. The molecular weight excluding hydrogens is 350 g/mol. The van der Waals surface area contributed by atoms with Crippen LogP contribution in [-0.2, 0) is 4.79 Å². The Morgan fingerprint density at radius 1 is 1.15 bits per heavy atom. The van der Waals surface area contributed by atoms with Crippen molar-refractivity contribution >= 4 is 12.1 Å². The summed E-state index contributed by atoms with van der Waals surface area (Å²) >= 11 is 0. The first-order valence-corrected chi connectivity index (χ1v) is 10.2. The molecule has 0 bridgehead atoms. The number of carbonyl (C=O) groups excluding carboxylic acids is 1. The van der Waals surface area contributed by atoms with E-state index >= 15 is 0 Å². The number of para-hydroxylation sites is 2. The molecule has 1 saturated heterocycles. The van der Waals surface area contributed by atoms with Crippen LogP contribution in [0.15, 0.2) is 24.3 Å². The van der Waals surface area contributed by atoms with Gasteiger partial charge in [-0.25, -0.2) is 0 Å². The zero-order chi connectivity index (χ0) is 19.1. The van der Waals surface area contributed by atoms with Gasteiger partial charge in [-0.3, -0.25) is 4.79 Å². The van der Waals surface area contributed by atoms with Crippen molar-refractivity contribution in [1.82, 2.24) is 4.90 Å². The van der Waals surface area contributed by atoms with E-state index in [9.17, 15) is 13.6 Å². The van der Waals surface area contributed by atoms with Crippen molar-refractivity contribution in [3.05, 3.63) is 24.3 Å². The predicted octanol–water partition coefficient (Wildman–Crippen LogP) is 4.69. The van der Waals surface area contributed by atoms with E-state index in [1.807, 2.05) is 17.0 Å². The van der Waals surface area contributed by atoms with Crippen LogP contribution in [-0.4, -0.2) is 43.6 Å². The van der Waals surface area contributed by atoms with Crippen molar-refractivity contribution in [2.45, 2.75) is 64.0 Å². The van der Waals surface area contributed by atoms with Gasteiger partial charge in [-0.15, -0.1) is 0 Å². The fourth-order valence-electron chi connectivity index (χ4n) is 4.50. The molecule has 0 N–H and O–H groups in total. The van der Waals surface area contributed by atoms with Gasteiger partial charge in [-0.05, 0) is 50.2 Å². The summed E-state index contributed by atoms with van der Waals surface area (Å²) in [4.78, 5) is 15.7. The minimum absolute atomic E-state index is 0.241. The lowest BCUT2D eigenvalue weighted by molar-refractivity contribution is -0.121. The van der Waals surface area contributed by atoms with E-state index in [1.165, 1.54) is 19.3 Å². The van der Waals surface area contributed by atoms with E-state index in [0.717, 1.165) is 63.8 Å². The number of anilines is 1. The number of halogens is 2. The SMILES string of the molecule is O=CN(CCC1CCCN(c2ccccc2OC(F)F)C1)C1CCCCC1. The number of benzene rings is 1. The second kappa shape index (κ2) is 9.90. The first-order chi connectivity index (χ1) is 13.2. The molecule has 0 radical (unpaired) electrons. The average molecular weight is 380 g/mol. The van der Waals surface area contributed by atoms with Gasteiger partial charge in [0.15, 0.2) is 0 Å². The third kappa shape index (κ3) is 5.56. The Labute approximate surface area is 160 Å². The largest absolute Gasteiger partial charge is 0.433 e. The molecule has 1 aliphatic carbocycles. The number of hydrogen-bond acceptors (Lipinski definition) is 3. The van der Waals surface area contributed by atoms with Crippen molar-refractivity contribution in [1.29, 1.82) is 0 Å². The molecule has 2 aliphatic rings. The maximum atomic E-state index is 12.7. The summed E-state index contributed by atoms with van der Waals surface area (Å²) in [7, 11) is 0. The molecule has 1 aromatic carbocycles. The third-order valence-electron chi connectivity index (χ3n) is 5.92. The molecular formula is C21H30F2N2O2. The van der Waals surface area contributed by atoms with Crippen LogP contribution in [0.2, 0.25) is 0 Å². The van der Waals surface area contributed by atoms with Crippen LogP contribution in [0.3, 0.4) is 0 Å². The lowest BCUT2D eigenvalue weighted by Crippen LogP contribution is -2.40. The summed E-state index contributed by atoms with van der Waals surface area (Å²) < 4.78 is 30.1. The fraction of sp³-hybridized carbons (Fsp3) is 0.667. The van der Waals surface area contributed by atoms with Crippen molar-refractivity contribution in [2.75, 3.05) is 24.5 Å². The molecule has 0 aromatic heterocycles. The molecule has 1 aromatic rings. The van der Waals surface area contributed by atoms with Gasteiger partial charge in [0.2, 0.25) is 6.41 Å². The number of amides is 1. The molecule has 4 nitrogen and oxygen atoms in total. The van der Waals surface area contributed by atoms with E-state index in [4.69, 9.17) is 4.74 Å². The molecule has 2 fully saturated rings. The highest BCUT2D eigenvalue weighted by atomic mass is 19.3. The summed E-state index contributed by atoms with van der Waals surface area (Å²) in [6.45, 7) is -0.355. The summed E-state index contributed by atoms with van der Waals surface area (Å²) in [5.41, 5.74) is 0.738. The second-order valence-electron chi connectivity index (χ2n) is 7.72. The molecule has 1 amide bonds. The van der Waals surface area contributed by atoms with Crippen LogP contribution in [0.4, 0.5) is 14.5 Å². The molecule has 3 rings (SSSR count). The Hall–Kier alpha value is -1.85. The molecule has 6 heteroatoms. The van der Waals surface area contributed by atoms with Crippen LogP contribution in [0.1, 0.15) is 51.4 Å². The van der Waals surface area contributed by atoms with Crippen molar-refractivity contribution in [3.63, 3.8) is 0 Å². The first kappa shape index (κ1) is 19.9. The van der Waals surface area contributed by atoms with E-state index in [2.05, 4.69) is 4.90 Å². The van der Waals surface area contributed by atoms with Crippen LogP contribution in [0.25, 0.3) is 0 Å². The smallest absolute Gasteiger partial charge is 0.387 e. The van der Waals surface area contributed by atoms with Crippen LogP contribution >= 0.6 is 0 Å². The normalized spacial score (nSPS) is 21.3. The Bertz CT molecular complexity index is 593. The zero-order valence-electron chi connectivity index (χ0n) is 15.9. The molecule has 1 unspecified atom stereocenters. The molecule has 150 valence electrons. The lowest BCUT2D eigenvalue weighted by Gasteiger charge is -2.37. The van der Waals surface area contributed by atoms with E-state index in [0.29, 0.717) is 12.0 Å². The van der Waals surface area contributed by atoms with Crippen molar-refractivity contribution in [3.8, 4) is 5.75 Å². The van der Waals surface area contributed by atoms with Gasteiger partial charge in [-0.1, -0.05) is 31.4 Å². The molecule has 27 heavy (non-hydrogen) atoms. The molecule has 1 heterocycles. The highest BCUT2D eigenvalue weighted by molar-refractivity contribution is 5.58. The van der Waals surface area contributed by atoms with E-state index in [-0.39, 0.29) is 5.75 Å². The van der Waals surface area contributed by atoms with Crippen molar-refractivity contribution < 1.29 is 18.3 Å². The Morgan fingerprint density at radius 3 is 2.67 bits per heavy atom. The van der Waals surface area contributed by atoms with Gasteiger partial charge in [0.1, 0.15) is 5.75 Å². The number of nitrogens with zero attached hydrogens (tertiary/aromatic N) is 2. The van der Waals surface area contributed by atoms with Crippen LogP contribution < -0.4 is 9.64 Å². The van der Waals surface area contributed by atoms with Gasteiger partial charge < -0.3 is 14.5 Å². The van der Waals surface area contributed by atoms with Gasteiger partial charge in [0.25, 0.3) is 0 Å². The minimum Gasteiger partial charge on any atom is -0.433 e. The quantitative estimate of drug-likeness (QED) is 0.614. The summed E-state index contributed by atoms with van der Waals surface area (Å²) in [5, 5.41) is 0. The summed E-state index contributed by atoms with van der Waals surface area (Å²) in [6, 6.07) is 7.42. The Balaban J connectivity index is 1.57. The lowest BCUT2D eigenvalue weighted by atomic mass is 9.92. The van der Waals surface area contributed by atoms with E-state index < -0.39 is 6.61 Å². The topological polar surface area (TPSA) is 32.8 Å². The number of hydrogen-bond donors (Lipinski definition) is 0. The van der Waals surface area contributed by atoms with Gasteiger partial charge >= 0.3 is 6.61 Å². The third-order valence-corrected chi connectivity index (χ3v) is 5.92. The number of alkyl halides is 2. The molecule has 1 saturated carbocycles. The van der Waals surface area contributed by atoms with Crippen LogP contribution in [0, 0.1) is 5.92 Å². The maximum absolute atomic E-state index is 12.7. The predicted molar refractivity (Wildman–Crippen MR) is 102 cm³/mol. The number of ether oxygens (including phenoxy) is 1. The van der Waals surface area contributed by atoms with E-state index in [1.54, 1.807) is 12.1 Å². The maximum Gasteiger partial charge on any atom is 0.387 e.